The second-order valence-corrected chi connectivity index (χ2v) is 14.2. The van der Waals surface area contributed by atoms with Crippen molar-refractivity contribution in [3.8, 4) is 17.6 Å². The second-order valence-electron chi connectivity index (χ2n) is 12.1. The molecule has 3 amide bonds. The molecular weight excluding hydrogens is 707 g/mol. The Morgan fingerprint density at radius 1 is 0.925 bits per heavy atom. The maximum absolute atomic E-state index is 13.7. The first kappa shape index (κ1) is 36.9. The van der Waals surface area contributed by atoms with Crippen molar-refractivity contribution in [2.75, 3.05) is 37.2 Å². The summed E-state index contributed by atoms with van der Waals surface area (Å²) in [4.78, 5) is 44.1. The van der Waals surface area contributed by atoms with Gasteiger partial charge in [-0.05, 0) is 66.1 Å². The van der Waals surface area contributed by atoms with Crippen molar-refractivity contribution >= 4 is 57.6 Å². The van der Waals surface area contributed by atoms with Crippen LogP contribution in [0.4, 0.5) is 10.7 Å². The number of rotatable bonds is 13. The summed E-state index contributed by atoms with van der Waals surface area (Å²) in [6.07, 6.45) is 2.29. The van der Waals surface area contributed by atoms with Gasteiger partial charge in [0.1, 0.15) is 28.3 Å². The molecule has 5 aromatic rings. The zero-order valence-corrected chi connectivity index (χ0v) is 30.8. The maximum atomic E-state index is 13.7. The number of hydrogen-bond acceptors (Lipinski definition) is 9. The number of methoxy groups -OCH3 is 2. The molecule has 0 saturated carbocycles. The fraction of sp³-hybridized carbons (Fsp3) is 0.171. The van der Waals surface area contributed by atoms with Crippen LogP contribution in [0.5, 0.6) is 11.5 Å². The number of thiophene rings is 1. The van der Waals surface area contributed by atoms with Crippen LogP contribution in [0.2, 0.25) is 0 Å². The maximum Gasteiger partial charge on any atom is 0.272 e. The minimum Gasteiger partial charge on any atom is -0.497 e. The van der Waals surface area contributed by atoms with E-state index in [1.54, 1.807) is 73.8 Å². The highest BCUT2D eigenvalue weighted by Gasteiger charge is 2.25. The lowest BCUT2D eigenvalue weighted by molar-refractivity contribution is -0.114. The molecule has 53 heavy (non-hydrogen) atoms. The van der Waals surface area contributed by atoms with Gasteiger partial charge in [0, 0.05) is 52.3 Å². The first-order valence-electron chi connectivity index (χ1n) is 16.8. The summed E-state index contributed by atoms with van der Waals surface area (Å²) < 4.78 is 10.8. The van der Waals surface area contributed by atoms with E-state index in [0.717, 1.165) is 41.4 Å². The number of ether oxygens (including phenoxy) is 2. The zero-order valence-electron chi connectivity index (χ0n) is 29.2. The van der Waals surface area contributed by atoms with Crippen LogP contribution in [0, 0.1) is 11.3 Å². The minimum atomic E-state index is -0.555. The van der Waals surface area contributed by atoms with Crippen LogP contribution >= 0.6 is 23.1 Å². The Morgan fingerprint density at radius 3 is 2.43 bits per heavy atom. The molecule has 268 valence electrons. The standard InChI is InChI=1S/C41H37N5O5S2/c1-50-31-17-16-29(36(22-31)51-2)20-35(44-39(48)28-12-7-4-8-13-28)40(49)43-30-14-9-15-32(21-30)52-26-38(47)45-41-34(23-42)33-18-19-46(25-37(33)53-41)24-27-10-5-3-6-11-27/h3-17,20-22H,18-19,24-26H2,1-2H3,(H,43,49)(H,44,48)(H,45,47)/b35-20+. The molecule has 1 aromatic heterocycles. The molecule has 0 fully saturated rings. The van der Waals surface area contributed by atoms with Crippen molar-refractivity contribution in [3.63, 3.8) is 0 Å². The number of thioether (sulfide) groups is 1. The van der Waals surface area contributed by atoms with Gasteiger partial charge in [-0.3, -0.25) is 19.3 Å². The number of carbonyl (C=O) groups is 3. The summed E-state index contributed by atoms with van der Waals surface area (Å²) in [5.74, 6) is -0.115. The normalized spacial score (nSPS) is 12.6. The molecule has 6 rings (SSSR count). The van der Waals surface area contributed by atoms with Crippen molar-refractivity contribution in [2.24, 2.45) is 0 Å². The molecule has 0 saturated heterocycles. The summed E-state index contributed by atoms with van der Waals surface area (Å²) in [6, 6.07) is 33.5. The average molecular weight is 744 g/mol. The molecule has 0 unspecified atom stereocenters. The molecule has 1 aliphatic rings. The van der Waals surface area contributed by atoms with Crippen molar-refractivity contribution in [2.45, 2.75) is 24.4 Å². The number of carbonyl (C=O) groups excluding carboxylic acids is 3. The van der Waals surface area contributed by atoms with Gasteiger partial charge in [-0.2, -0.15) is 5.26 Å². The first-order valence-corrected chi connectivity index (χ1v) is 18.6. The van der Waals surface area contributed by atoms with Crippen LogP contribution in [0.1, 0.15) is 37.5 Å². The van der Waals surface area contributed by atoms with Gasteiger partial charge in [-0.25, -0.2) is 0 Å². The molecule has 12 heteroatoms. The van der Waals surface area contributed by atoms with Gasteiger partial charge >= 0.3 is 0 Å². The third-order valence-electron chi connectivity index (χ3n) is 8.48. The van der Waals surface area contributed by atoms with Crippen LogP contribution in [0.3, 0.4) is 0 Å². The molecule has 0 bridgehead atoms. The van der Waals surface area contributed by atoms with Gasteiger partial charge in [0.25, 0.3) is 11.8 Å². The van der Waals surface area contributed by atoms with E-state index in [-0.39, 0.29) is 17.4 Å². The van der Waals surface area contributed by atoms with Crippen molar-refractivity contribution in [3.05, 3.63) is 142 Å². The number of amides is 3. The summed E-state index contributed by atoms with van der Waals surface area (Å²) in [6.45, 7) is 2.40. The van der Waals surface area contributed by atoms with E-state index in [0.29, 0.717) is 38.9 Å². The van der Waals surface area contributed by atoms with Crippen molar-refractivity contribution < 1.29 is 23.9 Å². The number of nitrogens with one attached hydrogen (secondary N) is 3. The largest absolute Gasteiger partial charge is 0.497 e. The van der Waals surface area contributed by atoms with Gasteiger partial charge in [0.15, 0.2) is 0 Å². The third-order valence-corrected chi connectivity index (χ3v) is 10.6. The number of nitriles is 1. The highest BCUT2D eigenvalue weighted by Crippen LogP contribution is 2.37. The molecular formula is C41H37N5O5S2. The molecule has 3 N–H and O–H groups in total. The van der Waals surface area contributed by atoms with E-state index < -0.39 is 11.8 Å². The predicted octanol–water partition coefficient (Wildman–Crippen LogP) is 7.34. The SMILES string of the molecule is COc1ccc(/C=C(/NC(=O)c2ccccc2)C(=O)Nc2cccc(SCC(=O)Nc3sc4c(c3C#N)CCN(Cc3ccccc3)C4)c2)c(OC)c1. The van der Waals surface area contributed by atoms with Crippen LogP contribution < -0.4 is 25.4 Å². The lowest BCUT2D eigenvalue weighted by atomic mass is 10.0. The molecule has 1 aliphatic heterocycles. The van der Waals surface area contributed by atoms with Gasteiger partial charge in [-0.1, -0.05) is 54.6 Å². The number of hydrogen-bond donors (Lipinski definition) is 3. The van der Waals surface area contributed by atoms with E-state index in [4.69, 9.17) is 9.47 Å². The van der Waals surface area contributed by atoms with Gasteiger partial charge in [-0.15, -0.1) is 23.1 Å². The number of anilines is 2. The molecule has 0 spiro atoms. The number of fused-ring (bicyclic) bond motifs is 1. The first-order chi connectivity index (χ1) is 25.8. The molecule has 0 atom stereocenters. The topological polar surface area (TPSA) is 133 Å². The van der Waals surface area contributed by atoms with Crippen molar-refractivity contribution in [1.29, 1.82) is 5.26 Å². The third kappa shape index (κ3) is 9.52. The molecule has 2 heterocycles. The lowest BCUT2D eigenvalue weighted by Crippen LogP contribution is -2.30. The zero-order chi connectivity index (χ0) is 37.2. The van der Waals surface area contributed by atoms with E-state index in [1.807, 2.05) is 24.3 Å². The summed E-state index contributed by atoms with van der Waals surface area (Å²) >= 11 is 2.77. The smallest absolute Gasteiger partial charge is 0.272 e. The van der Waals surface area contributed by atoms with Crippen LogP contribution in [0.15, 0.2) is 114 Å². The van der Waals surface area contributed by atoms with Crippen LogP contribution in [0.25, 0.3) is 6.08 Å². The Bertz CT molecular complexity index is 2180. The van der Waals surface area contributed by atoms with E-state index >= 15 is 0 Å². The van der Waals surface area contributed by atoms with Gasteiger partial charge in [0.2, 0.25) is 5.91 Å². The Balaban J connectivity index is 1.11. The van der Waals surface area contributed by atoms with E-state index in [9.17, 15) is 19.6 Å². The summed E-state index contributed by atoms with van der Waals surface area (Å²) in [7, 11) is 3.05. The molecule has 4 aromatic carbocycles. The van der Waals surface area contributed by atoms with Crippen molar-refractivity contribution in [1.82, 2.24) is 10.2 Å². The summed E-state index contributed by atoms with van der Waals surface area (Å²) in [5, 5.41) is 19.1. The number of benzene rings is 4. The van der Waals surface area contributed by atoms with E-state index in [2.05, 4.69) is 39.1 Å². The quantitative estimate of drug-likeness (QED) is 0.0844. The lowest BCUT2D eigenvalue weighted by Gasteiger charge is -2.26. The van der Waals surface area contributed by atoms with E-state index in [1.165, 1.54) is 41.8 Å². The average Bonchev–Trinajstić information content (AvgIpc) is 3.53. The summed E-state index contributed by atoms with van der Waals surface area (Å²) in [5.41, 5.74) is 4.21. The Kier molecular flexibility index (Phi) is 12.2. The number of nitrogens with zero attached hydrogens (tertiary/aromatic N) is 2. The Morgan fingerprint density at radius 2 is 1.70 bits per heavy atom. The van der Waals surface area contributed by atoms with Crippen LogP contribution in [-0.2, 0) is 29.1 Å². The minimum absolute atomic E-state index is 0.00474. The van der Waals surface area contributed by atoms with Gasteiger partial charge in [0.05, 0.1) is 25.5 Å². The van der Waals surface area contributed by atoms with Crippen LogP contribution in [-0.4, -0.2) is 49.1 Å². The highest BCUT2D eigenvalue weighted by molar-refractivity contribution is 8.00. The fourth-order valence-corrected chi connectivity index (χ4v) is 7.86. The molecule has 10 nitrogen and oxygen atoms in total. The molecule has 0 radical (unpaired) electrons. The Labute approximate surface area is 316 Å². The fourth-order valence-electron chi connectivity index (χ4n) is 5.85. The monoisotopic (exact) mass is 743 g/mol. The molecule has 0 aliphatic carbocycles. The van der Waals surface area contributed by atoms with Gasteiger partial charge < -0.3 is 25.4 Å². The highest BCUT2D eigenvalue weighted by atomic mass is 32.2. The second kappa shape index (κ2) is 17.6. The predicted molar refractivity (Wildman–Crippen MR) is 209 cm³/mol. The Hall–Kier alpha value is -5.87.